The van der Waals surface area contributed by atoms with Crippen LogP contribution in [0.5, 0.6) is 0 Å². The van der Waals surface area contributed by atoms with Gasteiger partial charge in [-0.15, -0.1) is 0 Å². The highest BCUT2D eigenvalue weighted by atomic mass is 19.4. The van der Waals surface area contributed by atoms with E-state index in [1.807, 2.05) is 0 Å². The van der Waals surface area contributed by atoms with Gasteiger partial charge in [0.15, 0.2) is 0 Å². The van der Waals surface area contributed by atoms with Gasteiger partial charge in [-0.3, -0.25) is 4.79 Å². The summed E-state index contributed by atoms with van der Waals surface area (Å²) in [6.07, 6.45) is -3.96. The number of carbonyl (C=O) groups excluding carboxylic acids is 1. The Balaban J connectivity index is 0.000000500. The zero-order chi connectivity index (χ0) is 11.2. The molecule has 5 heteroatoms. The number of primary amides is 1. The van der Waals surface area contributed by atoms with Gasteiger partial charge in [-0.05, 0) is 19.1 Å². The first kappa shape index (κ1) is 12.5. The molecule has 0 radical (unpaired) electrons. The van der Waals surface area contributed by atoms with Crippen molar-refractivity contribution in [3.8, 4) is 0 Å². The van der Waals surface area contributed by atoms with Crippen LogP contribution in [-0.2, 0) is 11.0 Å². The summed E-state index contributed by atoms with van der Waals surface area (Å²) in [7, 11) is 0. The molecule has 0 atom stereocenters. The van der Waals surface area contributed by atoms with Crippen molar-refractivity contribution in [3.63, 3.8) is 0 Å². The zero-order valence-electron chi connectivity index (χ0n) is 7.51. The molecule has 0 heterocycles. The number of alkyl halides is 3. The van der Waals surface area contributed by atoms with Gasteiger partial charge in [0, 0.05) is 0 Å². The van der Waals surface area contributed by atoms with Crippen molar-refractivity contribution >= 4 is 6.41 Å². The van der Waals surface area contributed by atoms with E-state index < -0.39 is 11.7 Å². The van der Waals surface area contributed by atoms with Gasteiger partial charge in [-0.1, -0.05) is 17.7 Å². The maximum Gasteiger partial charge on any atom is 0.416 e. The van der Waals surface area contributed by atoms with Crippen molar-refractivity contribution in [2.45, 2.75) is 13.1 Å². The molecule has 0 unspecified atom stereocenters. The molecule has 0 spiro atoms. The molecule has 0 saturated heterocycles. The van der Waals surface area contributed by atoms with Crippen molar-refractivity contribution in [1.82, 2.24) is 0 Å². The number of aryl methyl sites for hydroxylation is 1. The van der Waals surface area contributed by atoms with E-state index in [0.29, 0.717) is 0 Å². The van der Waals surface area contributed by atoms with Gasteiger partial charge in [-0.25, -0.2) is 0 Å². The molecule has 1 amide bonds. The first-order valence-electron chi connectivity index (χ1n) is 3.71. The van der Waals surface area contributed by atoms with E-state index in [0.717, 1.165) is 17.7 Å². The molecule has 0 fully saturated rings. The van der Waals surface area contributed by atoms with Crippen LogP contribution < -0.4 is 5.73 Å². The summed E-state index contributed by atoms with van der Waals surface area (Å²) in [5.74, 6) is 0. The number of amides is 1. The quantitative estimate of drug-likeness (QED) is 0.647. The SMILES string of the molecule is Cc1ccc(C(F)(F)F)cc1.NC=O. The van der Waals surface area contributed by atoms with Crippen LogP contribution in [0.25, 0.3) is 0 Å². The van der Waals surface area contributed by atoms with Gasteiger partial charge < -0.3 is 5.73 Å². The molecule has 0 bridgehead atoms. The fraction of sp³-hybridized carbons (Fsp3) is 0.222. The predicted octanol–water partition coefficient (Wildman–Crippen LogP) is 2.12. The topological polar surface area (TPSA) is 43.1 Å². The molecule has 0 aliphatic carbocycles. The van der Waals surface area contributed by atoms with Gasteiger partial charge >= 0.3 is 6.18 Å². The summed E-state index contributed by atoms with van der Waals surface area (Å²) >= 11 is 0. The van der Waals surface area contributed by atoms with E-state index in [9.17, 15) is 13.2 Å². The van der Waals surface area contributed by atoms with Crippen LogP contribution in [0.1, 0.15) is 11.1 Å². The molecule has 0 saturated carbocycles. The number of carbonyl (C=O) groups is 1. The smallest absolute Gasteiger partial charge is 0.372 e. The Morgan fingerprint density at radius 1 is 1.21 bits per heavy atom. The Hall–Kier alpha value is -1.52. The second-order valence-electron chi connectivity index (χ2n) is 2.50. The lowest BCUT2D eigenvalue weighted by Gasteiger charge is -2.05. The third kappa shape index (κ3) is 4.49. The predicted molar refractivity (Wildman–Crippen MR) is 46.4 cm³/mol. The van der Waals surface area contributed by atoms with Crippen LogP contribution in [0.4, 0.5) is 13.2 Å². The maximum absolute atomic E-state index is 11.9. The highest BCUT2D eigenvalue weighted by Crippen LogP contribution is 2.28. The number of halogens is 3. The summed E-state index contributed by atoms with van der Waals surface area (Å²) in [5, 5.41) is 0. The van der Waals surface area contributed by atoms with Crippen molar-refractivity contribution < 1.29 is 18.0 Å². The molecule has 0 aliphatic heterocycles. The van der Waals surface area contributed by atoms with Crippen LogP contribution in [0.15, 0.2) is 24.3 Å². The third-order valence-electron chi connectivity index (χ3n) is 1.38. The van der Waals surface area contributed by atoms with Crippen LogP contribution >= 0.6 is 0 Å². The van der Waals surface area contributed by atoms with E-state index in [-0.39, 0.29) is 6.41 Å². The normalized spacial score (nSPS) is 10.0. The number of benzene rings is 1. The lowest BCUT2D eigenvalue weighted by Crippen LogP contribution is -2.03. The van der Waals surface area contributed by atoms with Crippen LogP contribution in [0.3, 0.4) is 0 Å². The van der Waals surface area contributed by atoms with E-state index in [1.165, 1.54) is 12.1 Å². The van der Waals surface area contributed by atoms with Gasteiger partial charge in [0.1, 0.15) is 0 Å². The average molecular weight is 205 g/mol. The highest BCUT2D eigenvalue weighted by Gasteiger charge is 2.29. The number of rotatable bonds is 0. The lowest BCUT2D eigenvalue weighted by molar-refractivity contribution is -0.137. The Morgan fingerprint density at radius 3 is 1.86 bits per heavy atom. The number of hydrogen-bond donors (Lipinski definition) is 1. The van der Waals surface area contributed by atoms with Crippen LogP contribution in [0, 0.1) is 6.92 Å². The summed E-state index contributed by atoms with van der Waals surface area (Å²) in [6.45, 7) is 1.75. The Labute approximate surface area is 79.5 Å². The summed E-state index contributed by atoms with van der Waals surface area (Å²) in [5.41, 5.74) is 4.40. The Kier molecular flexibility index (Phi) is 4.69. The van der Waals surface area contributed by atoms with Crippen molar-refractivity contribution in [3.05, 3.63) is 35.4 Å². The molecule has 2 N–H and O–H groups in total. The second kappa shape index (κ2) is 5.26. The fourth-order valence-corrected chi connectivity index (χ4v) is 0.743. The monoisotopic (exact) mass is 205 g/mol. The minimum absolute atomic E-state index is 0.250. The van der Waals surface area contributed by atoms with Gasteiger partial charge in [-0.2, -0.15) is 13.2 Å². The molecule has 2 nitrogen and oxygen atoms in total. The molecule has 0 aromatic heterocycles. The fourth-order valence-electron chi connectivity index (χ4n) is 0.743. The lowest BCUT2D eigenvalue weighted by atomic mass is 10.1. The molecule has 1 aromatic carbocycles. The van der Waals surface area contributed by atoms with Gasteiger partial charge in [0.05, 0.1) is 5.56 Å². The Bertz CT molecular complexity index is 279. The molecule has 1 rings (SSSR count). The first-order valence-corrected chi connectivity index (χ1v) is 3.71. The van der Waals surface area contributed by atoms with E-state index in [1.54, 1.807) is 6.92 Å². The summed E-state index contributed by atoms with van der Waals surface area (Å²) < 4.78 is 35.8. The van der Waals surface area contributed by atoms with Gasteiger partial charge in [0.25, 0.3) is 0 Å². The Morgan fingerprint density at radius 2 is 1.57 bits per heavy atom. The molecule has 78 valence electrons. The van der Waals surface area contributed by atoms with Gasteiger partial charge in [0.2, 0.25) is 6.41 Å². The molecule has 0 aliphatic rings. The zero-order valence-corrected chi connectivity index (χ0v) is 7.51. The van der Waals surface area contributed by atoms with Crippen molar-refractivity contribution in [2.24, 2.45) is 5.73 Å². The largest absolute Gasteiger partial charge is 0.416 e. The number of nitrogens with two attached hydrogens (primary N) is 1. The molecular formula is C9H10F3NO. The summed E-state index contributed by atoms with van der Waals surface area (Å²) in [4.78, 5) is 8.58. The average Bonchev–Trinajstić information content (AvgIpc) is 2.04. The van der Waals surface area contributed by atoms with Crippen molar-refractivity contribution in [2.75, 3.05) is 0 Å². The van der Waals surface area contributed by atoms with Crippen molar-refractivity contribution in [1.29, 1.82) is 0 Å². The molecule has 14 heavy (non-hydrogen) atoms. The summed E-state index contributed by atoms with van der Waals surface area (Å²) in [6, 6.07) is 5.05. The standard InChI is InChI=1S/C8H7F3.CH3NO/c1-6-2-4-7(5-3-6)8(9,10)11;2-1-3/h2-5H,1H3;1H,(H2,2,3). The van der Waals surface area contributed by atoms with E-state index in [4.69, 9.17) is 4.79 Å². The molecular weight excluding hydrogens is 195 g/mol. The maximum atomic E-state index is 11.9. The van der Waals surface area contributed by atoms with Crippen LogP contribution in [-0.4, -0.2) is 6.41 Å². The minimum atomic E-state index is -4.21. The highest BCUT2D eigenvalue weighted by molar-refractivity contribution is 5.42. The minimum Gasteiger partial charge on any atom is -0.372 e. The second-order valence-corrected chi connectivity index (χ2v) is 2.50. The number of hydrogen-bond acceptors (Lipinski definition) is 1. The van der Waals surface area contributed by atoms with Crippen LogP contribution in [0.2, 0.25) is 0 Å². The third-order valence-corrected chi connectivity index (χ3v) is 1.38. The van der Waals surface area contributed by atoms with E-state index >= 15 is 0 Å². The van der Waals surface area contributed by atoms with E-state index in [2.05, 4.69) is 5.73 Å². The first-order chi connectivity index (χ1) is 6.41. The molecule has 1 aromatic rings.